The molecule has 1 atom stereocenters. The lowest BCUT2D eigenvalue weighted by Crippen LogP contribution is -2.34. The number of ether oxygens (including phenoxy) is 2. The van der Waals surface area contributed by atoms with E-state index in [1.807, 2.05) is 18.2 Å². The highest BCUT2D eigenvalue weighted by Gasteiger charge is 2.21. The zero-order chi connectivity index (χ0) is 19.6. The molecule has 7 nitrogen and oxygen atoms in total. The van der Waals surface area contributed by atoms with Crippen LogP contribution >= 0.6 is 0 Å². The minimum absolute atomic E-state index is 0.0200. The largest absolute Gasteiger partial charge is 0.496 e. The molecule has 1 aliphatic rings. The van der Waals surface area contributed by atoms with Gasteiger partial charge in [-0.25, -0.2) is 13.1 Å². The maximum absolute atomic E-state index is 12.7. The van der Waals surface area contributed by atoms with Crippen LogP contribution in [0.25, 0.3) is 0 Å². The Labute approximate surface area is 158 Å². The molecular formula is C19H22N2O5S. The zero-order valence-corrected chi connectivity index (χ0v) is 16.0. The molecule has 0 saturated heterocycles. The third kappa shape index (κ3) is 4.23. The van der Waals surface area contributed by atoms with Gasteiger partial charge in [-0.2, -0.15) is 0 Å². The highest BCUT2D eigenvalue weighted by molar-refractivity contribution is 7.89. The van der Waals surface area contributed by atoms with E-state index in [1.54, 1.807) is 6.92 Å². The predicted molar refractivity (Wildman–Crippen MR) is 101 cm³/mol. The van der Waals surface area contributed by atoms with E-state index in [4.69, 9.17) is 15.2 Å². The summed E-state index contributed by atoms with van der Waals surface area (Å²) in [7, 11) is -2.42. The Bertz CT molecular complexity index is 972. The lowest BCUT2D eigenvalue weighted by atomic mass is 10.0. The van der Waals surface area contributed by atoms with Gasteiger partial charge in [-0.3, -0.25) is 4.79 Å². The lowest BCUT2D eigenvalue weighted by molar-refractivity contribution is 0.0997. The second-order valence-electron chi connectivity index (χ2n) is 6.49. The molecule has 0 aromatic heterocycles. The molecule has 8 heteroatoms. The van der Waals surface area contributed by atoms with Crippen LogP contribution in [-0.2, 0) is 22.9 Å². The number of benzene rings is 2. The Kier molecular flexibility index (Phi) is 5.38. The Morgan fingerprint density at radius 3 is 2.78 bits per heavy atom. The van der Waals surface area contributed by atoms with Gasteiger partial charge in [0.15, 0.2) is 0 Å². The summed E-state index contributed by atoms with van der Waals surface area (Å²) < 4.78 is 38.5. The summed E-state index contributed by atoms with van der Waals surface area (Å²) in [6.07, 6.45) is 1.40. The second kappa shape index (κ2) is 7.58. The minimum Gasteiger partial charge on any atom is -0.496 e. The molecule has 1 amide bonds. The van der Waals surface area contributed by atoms with Crippen molar-refractivity contribution in [3.05, 3.63) is 53.1 Å². The molecule has 3 rings (SSSR count). The molecule has 27 heavy (non-hydrogen) atoms. The fourth-order valence-corrected chi connectivity index (χ4v) is 4.41. The van der Waals surface area contributed by atoms with Crippen LogP contribution in [0.1, 0.15) is 28.4 Å². The van der Waals surface area contributed by atoms with Gasteiger partial charge in [0.1, 0.15) is 11.5 Å². The molecular weight excluding hydrogens is 368 g/mol. The Morgan fingerprint density at radius 1 is 1.30 bits per heavy atom. The summed E-state index contributed by atoms with van der Waals surface area (Å²) in [5.74, 6) is 0.372. The zero-order valence-electron chi connectivity index (χ0n) is 15.2. The maximum Gasteiger partial charge on any atom is 0.252 e. The van der Waals surface area contributed by atoms with Crippen LogP contribution < -0.4 is 19.9 Å². The van der Waals surface area contributed by atoms with E-state index in [-0.39, 0.29) is 22.3 Å². The summed E-state index contributed by atoms with van der Waals surface area (Å²) in [5, 5.41) is 0. The molecule has 1 heterocycles. The van der Waals surface area contributed by atoms with Gasteiger partial charge in [0.2, 0.25) is 10.0 Å². The molecule has 144 valence electrons. The monoisotopic (exact) mass is 390 g/mol. The standard InChI is InChI=1S/C19H22N2O5S/c1-12(9-13-3-5-17-14(10-13)7-8-26-17)21-27(23,24)15-4-6-18(25-2)16(11-15)19(20)22/h3-6,10-12,21H,7-9H2,1-2H3,(H2,20,22)/t12-/m1/s1. The molecule has 0 aliphatic carbocycles. The normalized spacial score (nSPS) is 14.3. The number of nitrogens with one attached hydrogen (secondary N) is 1. The smallest absolute Gasteiger partial charge is 0.252 e. The molecule has 0 unspecified atom stereocenters. The number of nitrogens with two attached hydrogens (primary N) is 1. The molecule has 0 spiro atoms. The molecule has 0 fully saturated rings. The van der Waals surface area contributed by atoms with E-state index in [0.29, 0.717) is 13.0 Å². The Balaban J connectivity index is 1.75. The number of sulfonamides is 1. The fourth-order valence-electron chi connectivity index (χ4n) is 3.14. The lowest BCUT2D eigenvalue weighted by Gasteiger charge is -2.16. The second-order valence-corrected chi connectivity index (χ2v) is 8.21. The summed E-state index contributed by atoms with van der Waals surface area (Å²) in [4.78, 5) is 11.5. The van der Waals surface area contributed by atoms with Crippen molar-refractivity contribution in [2.24, 2.45) is 5.73 Å². The first-order valence-corrected chi connectivity index (χ1v) is 10.0. The average molecular weight is 390 g/mol. The first-order chi connectivity index (χ1) is 12.8. The number of carbonyl (C=O) groups excluding carboxylic acids is 1. The topological polar surface area (TPSA) is 108 Å². The highest BCUT2D eigenvalue weighted by atomic mass is 32.2. The van der Waals surface area contributed by atoms with Crippen LogP contribution in [-0.4, -0.2) is 34.1 Å². The minimum atomic E-state index is -3.81. The van der Waals surface area contributed by atoms with Gasteiger partial charge in [0.05, 0.1) is 24.2 Å². The fraction of sp³-hybridized carbons (Fsp3) is 0.316. The van der Waals surface area contributed by atoms with E-state index in [0.717, 1.165) is 23.3 Å². The molecule has 2 aromatic carbocycles. The summed E-state index contributed by atoms with van der Waals surface area (Å²) in [6.45, 7) is 2.47. The van der Waals surface area contributed by atoms with Crippen LogP contribution in [0, 0.1) is 0 Å². The highest BCUT2D eigenvalue weighted by Crippen LogP contribution is 2.26. The Hall–Kier alpha value is -2.58. The van der Waals surface area contributed by atoms with E-state index in [2.05, 4.69) is 4.72 Å². The summed E-state index contributed by atoms with van der Waals surface area (Å²) in [5.41, 5.74) is 7.50. The molecule has 1 aliphatic heterocycles. The maximum atomic E-state index is 12.7. The number of primary amides is 1. The van der Waals surface area contributed by atoms with Crippen molar-refractivity contribution in [1.82, 2.24) is 4.72 Å². The van der Waals surface area contributed by atoms with Crippen molar-refractivity contribution in [3.8, 4) is 11.5 Å². The molecule has 0 saturated carbocycles. The van der Waals surface area contributed by atoms with Crippen LogP contribution in [0.15, 0.2) is 41.3 Å². The average Bonchev–Trinajstić information content (AvgIpc) is 3.08. The van der Waals surface area contributed by atoms with Gasteiger partial charge in [0.25, 0.3) is 5.91 Å². The number of fused-ring (bicyclic) bond motifs is 1. The quantitative estimate of drug-likeness (QED) is 0.747. The number of hydrogen-bond acceptors (Lipinski definition) is 5. The predicted octanol–water partition coefficient (Wildman–Crippen LogP) is 1.64. The number of carbonyl (C=O) groups is 1. The van der Waals surface area contributed by atoms with E-state index in [9.17, 15) is 13.2 Å². The molecule has 0 radical (unpaired) electrons. The van der Waals surface area contributed by atoms with Crippen LogP contribution in [0.5, 0.6) is 11.5 Å². The summed E-state index contributed by atoms with van der Waals surface area (Å²) in [6, 6.07) is 9.59. The van der Waals surface area contributed by atoms with Gasteiger partial charge in [-0.05, 0) is 48.7 Å². The first kappa shape index (κ1) is 19.2. The molecule has 0 bridgehead atoms. The van der Waals surface area contributed by atoms with Gasteiger partial charge in [0, 0.05) is 12.5 Å². The van der Waals surface area contributed by atoms with E-state index in [1.165, 1.54) is 25.3 Å². The third-order valence-corrected chi connectivity index (χ3v) is 5.99. The summed E-state index contributed by atoms with van der Waals surface area (Å²) >= 11 is 0. The first-order valence-electron chi connectivity index (χ1n) is 8.55. The van der Waals surface area contributed by atoms with Crippen LogP contribution in [0.4, 0.5) is 0 Å². The van der Waals surface area contributed by atoms with Crippen molar-refractivity contribution < 1.29 is 22.7 Å². The van der Waals surface area contributed by atoms with Crippen molar-refractivity contribution in [2.45, 2.75) is 30.7 Å². The SMILES string of the molecule is COc1ccc(S(=O)(=O)N[C@H](C)Cc2ccc3c(c2)CCO3)cc1C(N)=O. The number of rotatable bonds is 7. The van der Waals surface area contributed by atoms with Crippen LogP contribution in [0.2, 0.25) is 0 Å². The van der Waals surface area contributed by atoms with Gasteiger partial charge in [-0.15, -0.1) is 0 Å². The molecule has 3 N–H and O–H groups in total. The molecule has 2 aromatic rings. The van der Waals surface area contributed by atoms with Gasteiger partial charge >= 0.3 is 0 Å². The third-order valence-electron chi connectivity index (χ3n) is 4.40. The van der Waals surface area contributed by atoms with Crippen molar-refractivity contribution in [3.63, 3.8) is 0 Å². The number of hydrogen-bond donors (Lipinski definition) is 2. The number of amides is 1. The van der Waals surface area contributed by atoms with Crippen molar-refractivity contribution in [2.75, 3.05) is 13.7 Å². The van der Waals surface area contributed by atoms with Gasteiger partial charge in [-0.1, -0.05) is 12.1 Å². The van der Waals surface area contributed by atoms with Gasteiger partial charge < -0.3 is 15.2 Å². The van der Waals surface area contributed by atoms with E-state index >= 15 is 0 Å². The van der Waals surface area contributed by atoms with Crippen LogP contribution in [0.3, 0.4) is 0 Å². The van der Waals surface area contributed by atoms with Crippen molar-refractivity contribution >= 4 is 15.9 Å². The number of methoxy groups -OCH3 is 1. The Morgan fingerprint density at radius 2 is 2.07 bits per heavy atom. The van der Waals surface area contributed by atoms with Crippen molar-refractivity contribution in [1.29, 1.82) is 0 Å². The van der Waals surface area contributed by atoms with E-state index < -0.39 is 15.9 Å².